The van der Waals surface area contributed by atoms with Gasteiger partial charge < -0.3 is 9.84 Å². The van der Waals surface area contributed by atoms with E-state index in [1.165, 1.54) is 0 Å². The maximum atomic E-state index is 10.6. The predicted octanol–water partition coefficient (Wildman–Crippen LogP) is 3.44. The number of benzene rings is 2. The van der Waals surface area contributed by atoms with Crippen LogP contribution in [0.1, 0.15) is 15.9 Å². The Hall–Kier alpha value is -1.84. The van der Waals surface area contributed by atoms with E-state index in [0.717, 1.165) is 11.8 Å². The molecule has 0 aromatic heterocycles. The molecule has 0 fully saturated rings. The molecule has 0 radical (unpaired) electrons. The van der Waals surface area contributed by atoms with Crippen molar-refractivity contribution in [3.63, 3.8) is 0 Å². The third kappa shape index (κ3) is 2.88. The maximum Gasteiger partial charge on any atom is 0.150 e. The Kier molecular flexibility index (Phi) is 3.97. The Labute approximate surface area is 110 Å². The molecule has 0 atom stereocenters. The van der Waals surface area contributed by atoms with Gasteiger partial charge in [0.05, 0.1) is 11.6 Å². The molecule has 2 rings (SSSR count). The van der Waals surface area contributed by atoms with Crippen LogP contribution < -0.4 is 4.74 Å². The van der Waals surface area contributed by atoms with Crippen LogP contribution in [0.5, 0.6) is 11.5 Å². The maximum absolute atomic E-state index is 10.6. The van der Waals surface area contributed by atoms with Crippen LogP contribution in [0.4, 0.5) is 0 Å². The van der Waals surface area contributed by atoms with Gasteiger partial charge in [0.15, 0.2) is 0 Å². The van der Waals surface area contributed by atoms with Gasteiger partial charge in [0.1, 0.15) is 17.8 Å². The third-order valence-electron chi connectivity index (χ3n) is 2.43. The van der Waals surface area contributed by atoms with E-state index in [1.54, 1.807) is 42.5 Å². The number of hydrogen-bond acceptors (Lipinski definition) is 3. The number of aliphatic hydroxyl groups excluding tert-OH is 1. The standard InChI is InChI=1S/C14H11ClO3/c15-13-7-11(9-17)3-6-14(13)18-12-4-1-10(8-16)2-5-12/h1-7,9,16H,8H2. The monoisotopic (exact) mass is 262 g/mol. The molecule has 0 heterocycles. The van der Waals surface area contributed by atoms with Crippen LogP contribution in [0.15, 0.2) is 42.5 Å². The number of ether oxygens (including phenoxy) is 1. The number of carbonyl (C=O) groups is 1. The van der Waals surface area contributed by atoms with Gasteiger partial charge >= 0.3 is 0 Å². The molecule has 0 aliphatic carbocycles. The zero-order chi connectivity index (χ0) is 13.0. The molecule has 0 amide bonds. The average molecular weight is 263 g/mol. The van der Waals surface area contributed by atoms with Crippen LogP contribution in [0.25, 0.3) is 0 Å². The van der Waals surface area contributed by atoms with Crippen molar-refractivity contribution in [2.45, 2.75) is 6.61 Å². The number of aliphatic hydroxyl groups is 1. The lowest BCUT2D eigenvalue weighted by Crippen LogP contribution is -1.88. The van der Waals surface area contributed by atoms with Crippen molar-refractivity contribution in [2.24, 2.45) is 0 Å². The second kappa shape index (κ2) is 5.67. The molecule has 1 N–H and O–H groups in total. The Bertz CT molecular complexity index is 549. The van der Waals surface area contributed by atoms with Gasteiger partial charge in [-0.2, -0.15) is 0 Å². The molecule has 0 bridgehead atoms. The van der Waals surface area contributed by atoms with Gasteiger partial charge in [0.25, 0.3) is 0 Å². The van der Waals surface area contributed by atoms with Crippen LogP contribution in [-0.4, -0.2) is 11.4 Å². The van der Waals surface area contributed by atoms with E-state index < -0.39 is 0 Å². The lowest BCUT2D eigenvalue weighted by atomic mass is 10.2. The number of hydrogen-bond donors (Lipinski definition) is 1. The van der Waals surface area contributed by atoms with Crippen LogP contribution in [0.2, 0.25) is 5.02 Å². The number of carbonyl (C=O) groups excluding carboxylic acids is 1. The number of halogens is 1. The highest BCUT2D eigenvalue weighted by atomic mass is 35.5. The van der Waals surface area contributed by atoms with E-state index in [2.05, 4.69) is 0 Å². The van der Waals surface area contributed by atoms with Crippen LogP contribution >= 0.6 is 11.6 Å². The Morgan fingerprint density at radius 1 is 1.17 bits per heavy atom. The van der Waals surface area contributed by atoms with Crippen LogP contribution in [0.3, 0.4) is 0 Å². The van der Waals surface area contributed by atoms with E-state index >= 15 is 0 Å². The van der Waals surface area contributed by atoms with Crippen molar-refractivity contribution in [1.82, 2.24) is 0 Å². The first-order chi connectivity index (χ1) is 8.72. The first-order valence-electron chi connectivity index (χ1n) is 5.35. The van der Waals surface area contributed by atoms with Crippen molar-refractivity contribution < 1.29 is 14.6 Å². The van der Waals surface area contributed by atoms with E-state index in [1.807, 2.05) is 0 Å². The summed E-state index contributed by atoms with van der Waals surface area (Å²) in [6, 6.07) is 11.9. The van der Waals surface area contributed by atoms with Gasteiger partial charge in [-0.3, -0.25) is 4.79 Å². The summed E-state index contributed by atoms with van der Waals surface area (Å²) in [5, 5.41) is 9.31. The van der Waals surface area contributed by atoms with Crippen molar-refractivity contribution in [3.8, 4) is 11.5 Å². The SMILES string of the molecule is O=Cc1ccc(Oc2ccc(CO)cc2)c(Cl)c1. The molecule has 4 heteroatoms. The minimum Gasteiger partial charge on any atom is -0.456 e. The first-order valence-corrected chi connectivity index (χ1v) is 5.73. The minimum absolute atomic E-state index is 0.00489. The molecule has 0 unspecified atom stereocenters. The molecular formula is C14H11ClO3. The molecule has 0 spiro atoms. The van der Waals surface area contributed by atoms with Crippen molar-refractivity contribution in [2.75, 3.05) is 0 Å². The molecule has 92 valence electrons. The van der Waals surface area contributed by atoms with Gasteiger partial charge in [-0.1, -0.05) is 23.7 Å². The van der Waals surface area contributed by atoms with E-state index in [-0.39, 0.29) is 6.61 Å². The molecule has 0 aliphatic rings. The van der Waals surface area contributed by atoms with Crippen LogP contribution in [-0.2, 0) is 6.61 Å². The van der Waals surface area contributed by atoms with Gasteiger partial charge in [-0.05, 0) is 35.9 Å². The fourth-order valence-electron chi connectivity index (χ4n) is 1.46. The van der Waals surface area contributed by atoms with Crippen molar-refractivity contribution in [1.29, 1.82) is 0 Å². The summed E-state index contributed by atoms with van der Waals surface area (Å²) in [6.07, 6.45) is 0.728. The molecule has 18 heavy (non-hydrogen) atoms. The van der Waals surface area contributed by atoms with Gasteiger partial charge in [-0.15, -0.1) is 0 Å². The lowest BCUT2D eigenvalue weighted by Gasteiger charge is -2.08. The fraction of sp³-hybridized carbons (Fsp3) is 0.0714. The largest absolute Gasteiger partial charge is 0.456 e. The predicted molar refractivity (Wildman–Crippen MR) is 69.3 cm³/mol. The number of aldehydes is 1. The summed E-state index contributed by atoms with van der Waals surface area (Å²) < 4.78 is 5.58. The smallest absolute Gasteiger partial charge is 0.150 e. The fourth-order valence-corrected chi connectivity index (χ4v) is 1.69. The molecule has 0 aliphatic heterocycles. The summed E-state index contributed by atoms with van der Waals surface area (Å²) >= 11 is 5.99. The first kappa shape index (κ1) is 12.6. The molecule has 0 saturated heterocycles. The van der Waals surface area contributed by atoms with Gasteiger partial charge in [0, 0.05) is 5.56 Å². The highest BCUT2D eigenvalue weighted by Gasteiger charge is 2.04. The second-order valence-electron chi connectivity index (χ2n) is 3.71. The van der Waals surface area contributed by atoms with Crippen LogP contribution in [0, 0.1) is 0 Å². The summed E-state index contributed by atoms with van der Waals surface area (Å²) in [6.45, 7) is -0.00489. The van der Waals surface area contributed by atoms with E-state index in [4.69, 9.17) is 21.4 Å². The summed E-state index contributed by atoms with van der Waals surface area (Å²) in [4.78, 5) is 10.6. The number of rotatable bonds is 4. The third-order valence-corrected chi connectivity index (χ3v) is 2.72. The average Bonchev–Trinajstić information content (AvgIpc) is 2.42. The lowest BCUT2D eigenvalue weighted by molar-refractivity contribution is 0.112. The van der Waals surface area contributed by atoms with Crippen molar-refractivity contribution in [3.05, 3.63) is 58.6 Å². The highest BCUT2D eigenvalue weighted by molar-refractivity contribution is 6.32. The summed E-state index contributed by atoms with van der Waals surface area (Å²) in [5.41, 5.74) is 1.31. The summed E-state index contributed by atoms with van der Waals surface area (Å²) in [7, 11) is 0. The minimum atomic E-state index is -0.00489. The Morgan fingerprint density at radius 3 is 2.44 bits per heavy atom. The molecule has 2 aromatic carbocycles. The Morgan fingerprint density at radius 2 is 1.89 bits per heavy atom. The molecular weight excluding hydrogens is 252 g/mol. The molecule has 3 nitrogen and oxygen atoms in total. The van der Waals surface area contributed by atoms with E-state index in [9.17, 15) is 4.79 Å². The Balaban J connectivity index is 2.19. The zero-order valence-corrected chi connectivity index (χ0v) is 10.2. The topological polar surface area (TPSA) is 46.5 Å². The van der Waals surface area contributed by atoms with Crippen molar-refractivity contribution >= 4 is 17.9 Å². The molecule has 2 aromatic rings. The quantitative estimate of drug-likeness (QED) is 0.859. The zero-order valence-electron chi connectivity index (χ0n) is 9.47. The highest BCUT2D eigenvalue weighted by Crippen LogP contribution is 2.29. The van der Waals surface area contributed by atoms with E-state index in [0.29, 0.717) is 22.1 Å². The van der Waals surface area contributed by atoms with Gasteiger partial charge in [0.2, 0.25) is 0 Å². The second-order valence-corrected chi connectivity index (χ2v) is 4.12. The summed E-state index contributed by atoms with van der Waals surface area (Å²) in [5.74, 6) is 1.10. The molecule has 0 saturated carbocycles. The van der Waals surface area contributed by atoms with Gasteiger partial charge in [-0.25, -0.2) is 0 Å². The normalized spacial score (nSPS) is 10.1.